The summed E-state index contributed by atoms with van der Waals surface area (Å²) in [5.74, 6) is 0.807. The fourth-order valence-corrected chi connectivity index (χ4v) is 3.32. The zero-order valence-corrected chi connectivity index (χ0v) is 14.4. The average molecular weight is 340 g/mol. The summed E-state index contributed by atoms with van der Waals surface area (Å²) in [5.41, 5.74) is 1.09. The maximum atomic E-state index is 12.4. The number of amides is 1. The molecule has 1 heterocycles. The Morgan fingerprint density at radius 3 is 2.65 bits per heavy atom. The predicted octanol–water partition coefficient (Wildman–Crippen LogP) is 1.69. The standard InChI is InChI=1S/C16H24N2O4S/c1-3-22-14-8-6-13(7-9-14)15-5-4-12-18(15)16(19)10-11-17-23(2,20)21/h6-9,15,17H,3-5,10-12H2,1-2H3. The largest absolute Gasteiger partial charge is 0.494 e. The fraction of sp³-hybridized carbons (Fsp3) is 0.562. The van der Waals surface area contributed by atoms with Crippen LogP contribution in [0.4, 0.5) is 0 Å². The number of likely N-dealkylation sites (tertiary alicyclic amines) is 1. The summed E-state index contributed by atoms with van der Waals surface area (Å²) >= 11 is 0. The summed E-state index contributed by atoms with van der Waals surface area (Å²) in [6.45, 7) is 3.43. The van der Waals surface area contributed by atoms with E-state index in [0.29, 0.717) is 6.61 Å². The second-order valence-electron chi connectivity index (χ2n) is 5.66. The first kappa shape index (κ1) is 17.7. The quantitative estimate of drug-likeness (QED) is 0.819. The predicted molar refractivity (Wildman–Crippen MR) is 88.8 cm³/mol. The van der Waals surface area contributed by atoms with Crippen LogP contribution in [0.5, 0.6) is 5.75 Å². The van der Waals surface area contributed by atoms with Crippen LogP contribution in [-0.2, 0) is 14.8 Å². The van der Waals surface area contributed by atoms with E-state index >= 15 is 0 Å². The van der Waals surface area contributed by atoms with Gasteiger partial charge >= 0.3 is 0 Å². The Kier molecular flexibility index (Phi) is 6.01. The molecule has 1 aliphatic heterocycles. The van der Waals surface area contributed by atoms with Crippen molar-refractivity contribution < 1.29 is 17.9 Å². The molecule has 7 heteroatoms. The van der Waals surface area contributed by atoms with Gasteiger partial charge in [0.1, 0.15) is 5.75 Å². The second-order valence-corrected chi connectivity index (χ2v) is 7.50. The lowest BCUT2D eigenvalue weighted by Crippen LogP contribution is -2.34. The lowest BCUT2D eigenvalue weighted by Gasteiger charge is -2.25. The number of sulfonamides is 1. The van der Waals surface area contributed by atoms with Gasteiger partial charge in [0, 0.05) is 19.5 Å². The van der Waals surface area contributed by atoms with Crippen molar-refractivity contribution in [1.82, 2.24) is 9.62 Å². The van der Waals surface area contributed by atoms with Crippen LogP contribution in [0.2, 0.25) is 0 Å². The number of benzene rings is 1. The van der Waals surface area contributed by atoms with Crippen molar-refractivity contribution in [2.45, 2.75) is 32.2 Å². The Morgan fingerprint density at radius 1 is 1.35 bits per heavy atom. The first-order valence-corrected chi connectivity index (χ1v) is 9.76. The third kappa shape index (κ3) is 5.21. The molecule has 6 nitrogen and oxygen atoms in total. The maximum Gasteiger partial charge on any atom is 0.224 e. The molecule has 0 bridgehead atoms. The molecular weight excluding hydrogens is 316 g/mol. The van der Waals surface area contributed by atoms with Gasteiger partial charge in [-0.1, -0.05) is 12.1 Å². The van der Waals surface area contributed by atoms with Crippen molar-refractivity contribution in [3.8, 4) is 5.75 Å². The molecule has 0 radical (unpaired) electrons. The molecule has 0 saturated carbocycles. The molecule has 1 N–H and O–H groups in total. The molecule has 1 saturated heterocycles. The molecule has 1 aromatic rings. The summed E-state index contributed by atoms with van der Waals surface area (Å²) in [6.07, 6.45) is 3.17. The lowest BCUT2D eigenvalue weighted by atomic mass is 10.0. The zero-order chi connectivity index (χ0) is 16.9. The van der Waals surface area contributed by atoms with E-state index in [2.05, 4.69) is 4.72 Å². The van der Waals surface area contributed by atoms with Gasteiger partial charge in [-0.25, -0.2) is 13.1 Å². The topological polar surface area (TPSA) is 75.7 Å². The Morgan fingerprint density at radius 2 is 2.04 bits per heavy atom. The highest BCUT2D eigenvalue weighted by atomic mass is 32.2. The number of carbonyl (C=O) groups excluding carboxylic acids is 1. The van der Waals surface area contributed by atoms with Gasteiger partial charge in [0.2, 0.25) is 15.9 Å². The van der Waals surface area contributed by atoms with Crippen LogP contribution < -0.4 is 9.46 Å². The van der Waals surface area contributed by atoms with Gasteiger partial charge in [-0.05, 0) is 37.5 Å². The highest BCUT2D eigenvalue weighted by molar-refractivity contribution is 7.88. The van der Waals surface area contributed by atoms with E-state index in [9.17, 15) is 13.2 Å². The Labute approximate surface area is 137 Å². The van der Waals surface area contributed by atoms with Gasteiger partial charge < -0.3 is 9.64 Å². The van der Waals surface area contributed by atoms with Gasteiger partial charge in [0.05, 0.1) is 18.9 Å². The highest BCUT2D eigenvalue weighted by Crippen LogP contribution is 2.33. The van der Waals surface area contributed by atoms with Gasteiger partial charge in [0.25, 0.3) is 0 Å². The summed E-state index contributed by atoms with van der Waals surface area (Å²) in [4.78, 5) is 14.2. The van der Waals surface area contributed by atoms with E-state index in [1.807, 2.05) is 36.1 Å². The molecule has 1 fully saturated rings. The number of ether oxygens (including phenoxy) is 1. The Bertz CT molecular complexity index is 628. The normalized spacial score (nSPS) is 18.2. The van der Waals surface area contributed by atoms with Crippen molar-refractivity contribution >= 4 is 15.9 Å². The fourth-order valence-electron chi connectivity index (χ4n) is 2.85. The minimum absolute atomic E-state index is 0.0162. The van der Waals surface area contributed by atoms with Crippen molar-refractivity contribution in [3.05, 3.63) is 29.8 Å². The van der Waals surface area contributed by atoms with Crippen molar-refractivity contribution in [2.75, 3.05) is 26.0 Å². The summed E-state index contributed by atoms with van der Waals surface area (Å²) in [7, 11) is -3.25. The molecule has 1 atom stereocenters. The minimum Gasteiger partial charge on any atom is -0.494 e. The molecular formula is C16H24N2O4S. The minimum atomic E-state index is -3.25. The van der Waals surface area contributed by atoms with Gasteiger partial charge in [0.15, 0.2) is 0 Å². The molecule has 128 valence electrons. The van der Waals surface area contributed by atoms with E-state index in [0.717, 1.165) is 37.0 Å². The van der Waals surface area contributed by atoms with Gasteiger partial charge in [-0.3, -0.25) is 4.79 Å². The smallest absolute Gasteiger partial charge is 0.224 e. The van der Waals surface area contributed by atoms with Crippen LogP contribution in [0.3, 0.4) is 0 Å². The lowest BCUT2D eigenvalue weighted by molar-refractivity contribution is -0.131. The van der Waals surface area contributed by atoms with Crippen molar-refractivity contribution in [1.29, 1.82) is 0 Å². The molecule has 1 unspecified atom stereocenters. The number of hydrogen-bond donors (Lipinski definition) is 1. The molecule has 2 rings (SSSR count). The number of nitrogens with one attached hydrogen (secondary N) is 1. The molecule has 1 aromatic carbocycles. The van der Waals surface area contributed by atoms with Crippen LogP contribution in [-0.4, -0.2) is 45.2 Å². The monoisotopic (exact) mass is 340 g/mol. The van der Waals surface area contributed by atoms with Gasteiger partial charge in [-0.2, -0.15) is 0 Å². The molecule has 0 aromatic heterocycles. The van der Waals surface area contributed by atoms with E-state index in [1.165, 1.54) is 0 Å². The van der Waals surface area contributed by atoms with E-state index in [4.69, 9.17) is 4.74 Å². The Hall–Kier alpha value is -1.60. The van der Waals surface area contributed by atoms with Crippen LogP contribution in [0, 0.1) is 0 Å². The average Bonchev–Trinajstić information content (AvgIpc) is 2.96. The number of nitrogens with zero attached hydrogens (tertiary/aromatic N) is 1. The summed E-state index contributed by atoms with van der Waals surface area (Å²) < 4.78 is 29.9. The Balaban J connectivity index is 1.97. The molecule has 23 heavy (non-hydrogen) atoms. The molecule has 1 aliphatic rings. The van der Waals surface area contributed by atoms with Crippen molar-refractivity contribution in [3.63, 3.8) is 0 Å². The van der Waals surface area contributed by atoms with E-state index in [-0.39, 0.29) is 24.9 Å². The zero-order valence-electron chi connectivity index (χ0n) is 13.6. The van der Waals surface area contributed by atoms with Crippen molar-refractivity contribution in [2.24, 2.45) is 0 Å². The molecule has 0 spiro atoms. The van der Waals surface area contributed by atoms with Crippen LogP contribution in [0.1, 0.15) is 37.8 Å². The van der Waals surface area contributed by atoms with E-state index < -0.39 is 10.0 Å². The van der Waals surface area contributed by atoms with Crippen LogP contribution in [0.25, 0.3) is 0 Å². The SMILES string of the molecule is CCOc1ccc(C2CCCN2C(=O)CCNS(C)(=O)=O)cc1. The third-order valence-corrected chi connectivity index (χ3v) is 4.58. The number of hydrogen-bond acceptors (Lipinski definition) is 4. The molecule has 0 aliphatic carbocycles. The highest BCUT2D eigenvalue weighted by Gasteiger charge is 2.29. The first-order valence-electron chi connectivity index (χ1n) is 7.87. The van der Waals surface area contributed by atoms with Crippen LogP contribution >= 0.6 is 0 Å². The van der Waals surface area contributed by atoms with E-state index in [1.54, 1.807) is 0 Å². The van der Waals surface area contributed by atoms with Crippen LogP contribution in [0.15, 0.2) is 24.3 Å². The number of rotatable bonds is 7. The second kappa shape index (κ2) is 7.79. The molecule has 1 amide bonds. The number of carbonyl (C=O) groups is 1. The maximum absolute atomic E-state index is 12.4. The summed E-state index contributed by atoms with van der Waals surface area (Å²) in [5, 5.41) is 0. The first-order chi connectivity index (χ1) is 10.9. The third-order valence-electron chi connectivity index (χ3n) is 3.85. The summed E-state index contributed by atoms with van der Waals surface area (Å²) in [6, 6.07) is 7.90. The van der Waals surface area contributed by atoms with Gasteiger partial charge in [-0.15, -0.1) is 0 Å².